The van der Waals surface area contributed by atoms with Crippen LogP contribution in [-0.2, 0) is 16.1 Å². The molecule has 32 heavy (non-hydrogen) atoms. The largest absolute Gasteiger partial charge is 0.493 e. The lowest BCUT2D eigenvalue weighted by molar-refractivity contribution is -0.118. The van der Waals surface area contributed by atoms with E-state index in [1.807, 2.05) is 0 Å². The van der Waals surface area contributed by atoms with E-state index in [2.05, 4.69) is 10.3 Å². The molecule has 0 bridgehead atoms. The van der Waals surface area contributed by atoms with Crippen LogP contribution in [0.5, 0.6) is 11.5 Å². The Morgan fingerprint density at radius 1 is 1.09 bits per heavy atom. The number of aromatic nitrogens is 1. The van der Waals surface area contributed by atoms with Gasteiger partial charge >= 0.3 is 5.97 Å². The van der Waals surface area contributed by atoms with Crippen molar-refractivity contribution in [2.45, 2.75) is 20.5 Å². The number of esters is 1. The highest BCUT2D eigenvalue weighted by Crippen LogP contribution is 2.34. The third kappa shape index (κ3) is 5.23. The molecule has 8 nitrogen and oxygen atoms in total. The first-order chi connectivity index (χ1) is 15.3. The molecule has 0 aliphatic heterocycles. The van der Waals surface area contributed by atoms with Crippen molar-refractivity contribution < 1.29 is 32.6 Å². The highest BCUT2D eigenvalue weighted by Gasteiger charge is 2.21. The van der Waals surface area contributed by atoms with Crippen molar-refractivity contribution in [1.82, 2.24) is 4.98 Å². The molecule has 0 spiro atoms. The van der Waals surface area contributed by atoms with Gasteiger partial charge in [-0.2, -0.15) is 0 Å². The first-order valence-electron chi connectivity index (χ1n) is 9.76. The molecule has 3 rings (SSSR count). The van der Waals surface area contributed by atoms with Gasteiger partial charge in [-0.3, -0.25) is 4.79 Å². The van der Waals surface area contributed by atoms with Crippen LogP contribution in [0.15, 0.2) is 47.1 Å². The molecule has 1 aromatic heterocycles. The van der Waals surface area contributed by atoms with Crippen LogP contribution in [0, 0.1) is 11.7 Å². The predicted molar refractivity (Wildman–Crippen MR) is 114 cm³/mol. The number of nitrogens with one attached hydrogen (secondary N) is 1. The fourth-order valence-electron chi connectivity index (χ4n) is 2.74. The average molecular weight is 442 g/mol. The summed E-state index contributed by atoms with van der Waals surface area (Å²) in [6.45, 7) is 3.30. The van der Waals surface area contributed by atoms with Gasteiger partial charge in [0.25, 0.3) is 0 Å². The molecule has 0 saturated carbocycles. The van der Waals surface area contributed by atoms with Crippen molar-refractivity contribution in [3.8, 4) is 23.0 Å². The van der Waals surface area contributed by atoms with Crippen LogP contribution < -0.4 is 14.8 Å². The zero-order valence-corrected chi connectivity index (χ0v) is 18.1. The zero-order valence-electron chi connectivity index (χ0n) is 18.1. The van der Waals surface area contributed by atoms with Crippen LogP contribution in [0.25, 0.3) is 11.5 Å². The smallest absolute Gasteiger partial charge is 0.340 e. The molecular weight excluding hydrogens is 419 g/mol. The molecular formula is C23H23FN2O6. The third-order valence-electron chi connectivity index (χ3n) is 4.52. The minimum absolute atomic E-state index is 0.0962. The Hall–Kier alpha value is -3.88. The summed E-state index contributed by atoms with van der Waals surface area (Å²) in [5.41, 5.74) is 1.28. The molecule has 0 unspecified atom stereocenters. The van der Waals surface area contributed by atoms with Crippen molar-refractivity contribution in [3.63, 3.8) is 0 Å². The van der Waals surface area contributed by atoms with E-state index in [4.69, 9.17) is 18.6 Å². The van der Waals surface area contributed by atoms with E-state index >= 15 is 0 Å². The summed E-state index contributed by atoms with van der Waals surface area (Å²) in [6, 6.07) is 8.59. The van der Waals surface area contributed by atoms with Crippen molar-refractivity contribution >= 4 is 17.6 Å². The quantitative estimate of drug-likeness (QED) is 0.515. The first-order valence-corrected chi connectivity index (χ1v) is 9.76. The van der Waals surface area contributed by atoms with E-state index in [0.29, 0.717) is 22.8 Å². The summed E-state index contributed by atoms with van der Waals surface area (Å²) in [7, 11) is 2.89. The van der Waals surface area contributed by atoms with Gasteiger partial charge in [-0.05, 0) is 24.3 Å². The minimum atomic E-state index is -0.698. The van der Waals surface area contributed by atoms with E-state index in [1.165, 1.54) is 56.9 Å². The van der Waals surface area contributed by atoms with Crippen molar-refractivity contribution in [2.75, 3.05) is 19.5 Å². The SMILES string of the molecule is COc1cc(NC(=O)C(C)C)c(C(=O)OCc2coc(-c3ccc(F)cc3)n2)cc1OC. The topological polar surface area (TPSA) is 99.9 Å². The monoisotopic (exact) mass is 442 g/mol. The first kappa shape index (κ1) is 22.8. The van der Waals surface area contributed by atoms with E-state index < -0.39 is 5.97 Å². The van der Waals surface area contributed by atoms with E-state index in [1.54, 1.807) is 13.8 Å². The van der Waals surface area contributed by atoms with Gasteiger partial charge in [0, 0.05) is 23.6 Å². The number of carbonyl (C=O) groups excluding carboxylic acids is 2. The highest BCUT2D eigenvalue weighted by atomic mass is 19.1. The summed E-state index contributed by atoms with van der Waals surface area (Å²) >= 11 is 0. The number of hydrogen-bond acceptors (Lipinski definition) is 7. The predicted octanol–water partition coefficient (Wildman–Crippen LogP) is 4.45. The van der Waals surface area contributed by atoms with Crippen molar-refractivity contribution in [2.24, 2.45) is 5.92 Å². The number of hydrogen-bond donors (Lipinski definition) is 1. The van der Waals surface area contributed by atoms with Crippen LogP contribution >= 0.6 is 0 Å². The lowest BCUT2D eigenvalue weighted by Gasteiger charge is -2.16. The Bertz CT molecular complexity index is 1110. The number of ether oxygens (including phenoxy) is 3. The number of amides is 1. The second-order valence-corrected chi connectivity index (χ2v) is 7.12. The Morgan fingerprint density at radius 2 is 1.75 bits per heavy atom. The standard InChI is InChI=1S/C23H23FN2O6/c1-13(2)21(27)26-18-10-20(30-4)19(29-3)9-17(18)23(28)32-12-16-11-31-22(25-16)14-5-7-15(24)8-6-14/h5-11,13H,12H2,1-4H3,(H,26,27). The maximum atomic E-state index is 13.1. The van der Waals surface area contributed by atoms with Gasteiger partial charge in [-0.25, -0.2) is 14.2 Å². The molecule has 0 aliphatic carbocycles. The van der Waals surface area contributed by atoms with E-state index in [-0.39, 0.29) is 41.4 Å². The molecule has 1 amide bonds. The van der Waals surface area contributed by atoms with E-state index in [9.17, 15) is 14.0 Å². The molecule has 1 heterocycles. The Kier molecular flexibility index (Phi) is 7.09. The maximum absolute atomic E-state index is 13.1. The number of benzene rings is 2. The number of carbonyl (C=O) groups is 2. The molecule has 3 aromatic rings. The van der Waals surface area contributed by atoms with Gasteiger partial charge in [-0.15, -0.1) is 0 Å². The summed E-state index contributed by atoms with van der Waals surface area (Å²) in [5, 5.41) is 2.71. The summed E-state index contributed by atoms with van der Waals surface area (Å²) in [6.07, 6.45) is 1.35. The molecule has 0 fully saturated rings. The zero-order chi connectivity index (χ0) is 23.3. The van der Waals surface area contributed by atoms with Crippen LogP contribution in [0.2, 0.25) is 0 Å². The molecule has 2 aromatic carbocycles. The van der Waals surface area contributed by atoms with Crippen LogP contribution in [-0.4, -0.2) is 31.1 Å². The van der Waals surface area contributed by atoms with Gasteiger partial charge in [0.1, 0.15) is 24.4 Å². The highest BCUT2D eigenvalue weighted by molar-refractivity contribution is 6.02. The van der Waals surface area contributed by atoms with Crippen molar-refractivity contribution in [1.29, 1.82) is 0 Å². The molecule has 0 aliphatic rings. The van der Waals surface area contributed by atoms with Gasteiger partial charge < -0.3 is 23.9 Å². The molecule has 0 radical (unpaired) electrons. The van der Waals surface area contributed by atoms with Crippen molar-refractivity contribution in [3.05, 3.63) is 59.7 Å². The fourth-order valence-corrected chi connectivity index (χ4v) is 2.74. The second-order valence-electron chi connectivity index (χ2n) is 7.12. The molecule has 9 heteroatoms. The lowest BCUT2D eigenvalue weighted by atomic mass is 10.1. The van der Waals surface area contributed by atoms with Crippen LogP contribution in [0.3, 0.4) is 0 Å². The normalized spacial score (nSPS) is 10.7. The summed E-state index contributed by atoms with van der Waals surface area (Å²) < 4.78 is 34.4. The molecule has 0 saturated heterocycles. The number of anilines is 1. The van der Waals surface area contributed by atoms with Crippen LogP contribution in [0.4, 0.5) is 10.1 Å². The van der Waals surface area contributed by atoms with Gasteiger partial charge in [0.2, 0.25) is 11.8 Å². The Balaban J connectivity index is 1.79. The number of halogens is 1. The van der Waals surface area contributed by atoms with Crippen LogP contribution in [0.1, 0.15) is 29.9 Å². The molecule has 0 atom stereocenters. The van der Waals surface area contributed by atoms with E-state index in [0.717, 1.165) is 0 Å². The maximum Gasteiger partial charge on any atom is 0.340 e. The number of nitrogens with zero attached hydrogens (tertiary/aromatic N) is 1. The number of rotatable bonds is 8. The summed E-state index contributed by atoms with van der Waals surface area (Å²) in [5.74, 6) is -0.711. The third-order valence-corrected chi connectivity index (χ3v) is 4.52. The molecule has 168 valence electrons. The van der Waals surface area contributed by atoms with Gasteiger partial charge in [0.05, 0.1) is 25.5 Å². The Labute approximate surface area is 184 Å². The molecule has 1 N–H and O–H groups in total. The fraction of sp³-hybridized carbons (Fsp3) is 0.261. The Morgan fingerprint density at radius 3 is 2.38 bits per heavy atom. The van der Waals surface area contributed by atoms with Gasteiger partial charge in [0.15, 0.2) is 11.5 Å². The minimum Gasteiger partial charge on any atom is -0.493 e. The second kappa shape index (κ2) is 9.95. The lowest BCUT2D eigenvalue weighted by Crippen LogP contribution is -2.20. The average Bonchev–Trinajstić information content (AvgIpc) is 3.26. The van der Waals surface area contributed by atoms with Gasteiger partial charge in [-0.1, -0.05) is 13.8 Å². The summed E-state index contributed by atoms with van der Waals surface area (Å²) in [4.78, 5) is 29.3. The number of oxazole rings is 1. The number of methoxy groups -OCH3 is 2.